The van der Waals surface area contributed by atoms with Crippen LogP contribution in [0.4, 0.5) is 0 Å². The summed E-state index contributed by atoms with van der Waals surface area (Å²) in [5.74, 6) is 0.568. The van der Waals surface area contributed by atoms with E-state index < -0.39 is 6.10 Å². The van der Waals surface area contributed by atoms with Gasteiger partial charge in [0.15, 0.2) is 0 Å². The highest BCUT2D eigenvalue weighted by Crippen LogP contribution is 2.26. The van der Waals surface area contributed by atoms with Gasteiger partial charge in [-0.05, 0) is 37.3 Å². The van der Waals surface area contributed by atoms with E-state index in [1.165, 1.54) is 0 Å². The number of aliphatic hydroxyl groups excluding tert-OH is 1. The first kappa shape index (κ1) is 12.8. The van der Waals surface area contributed by atoms with Crippen LogP contribution in [0.1, 0.15) is 18.9 Å². The number of aromatic nitrogens is 4. The smallest absolute Gasteiger partial charge is 0.323 e. The van der Waals surface area contributed by atoms with Crippen LogP contribution in [-0.4, -0.2) is 24.6 Å². The SMILES string of the molecule is CC(O)c1nc2ccccc2n1-c1ccc2[nH]c(=O)[nH]c2c1. The van der Waals surface area contributed by atoms with E-state index in [0.29, 0.717) is 5.82 Å². The first-order valence-corrected chi connectivity index (χ1v) is 7.01. The van der Waals surface area contributed by atoms with Crippen LogP contribution in [0.5, 0.6) is 0 Å². The zero-order valence-electron chi connectivity index (χ0n) is 11.9. The molecule has 0 bridgehead atoms. The number of nitrogens with one attached hydrogen (secondary N) is 2. The van der Waals surface area contributed by atoms with Gasteiger partial charge < -0.3 is 15.1 Å². The highest BCUT2D eigenvalue weighted by atomic mass is 16.3. The highest BCUT2D eigenvalue weighted by Gasteiger charge is 2.16. The van der Waals surface area contributed by atoms with E-state index in [-0.39, 0.29) is 5.69 Å². The average Bonchev–Trinajstić information content (AvgIpc) is 3.05. The number of aromatic amines is 2. The predicted molar refractivity (Wildman–Crippen MR) is 84.2 cm³/mol. The molecular formula is C16H14N4O2. The van der Waals surface area contributed by atoms with E-state index >= 15 is 0 Å². The Balaban J connectivity index is 2.05. The normalized spacial score (nSPS) is 13.0. The van der Waals surface area contributed by atoms with Gasteiger partial charge in [-0.2, -0.15) is 0 Å². The van der Waals surface area contributed by atoms with Crippen molar-refractivity contribution in [3.63, 3.8) is 0 Å². The number of benzene rings is 2. The molecule has 2 aromatic carbocycles. The molecule has 22 heavy (non-hydrogen) atoms. The van der Waals surface area contributed by atoms with Gasteiger partial charge >= 0.3 is 5.69 Å². The molecule has 0 aliphatic rings. The lowest BCUT2D eigenvalue weighted by Gasteiger charge is -2.11. The summed E-state index contributed by atoms with van der Waals surface area (Å²) in [7, 11) is 0. The van der Waals surface area contributed by atoms with Crippen molar-refractivity contribution < 1.29 is 5.11 Å². The van der Waals surface area contributed by atoms with Crippen LogP contribution in [0.15, 0.2) is 47.3 Å². The maximum Gasteiger partial charge on any atom is 0.323 e. The first-order valence-electron chi connectivity index (χ1n) is 7.01. The Bertz CT molecular complexity index is 1040. The summed E-state index contributed by atoms with van der Waals surface area (Å²) in [6, 6.07) is 13.3. The number of aliphatic hydroxyl groups is 1. The van der Waals surface area contributed by atoms with Crippen molar-refractivity contribution in [1.29, 1.82) is 0 Å². The van der Waals surface area contributed by atoms with Gasteiger partial charge in [0.05, 0.1) is 22.1 Å². The third-order valence-corrected chi connectivity index (χ3v) is 3.72. The molecule has 4 rings (SSSR count). The standard InChI is InChI=1S/C16H14N4O2/c1-9(21)15-17-12-4-2-3-5-14(12)20(15)10-6-7-11-13(8-10)19-16(22)18-11/h2-9,21H,1H3,(H2,18,19,22). The molecule has 6 nitrogen and oxygen atoms in total. The van der Waals surface area contributed by atoms with E-state index in [0.717, 1.165) is 27.8 Å². The largest absolute Gasteiger partial charge is 0.385 e. The summed E-state index contributed by atoms with van der Waals surface area (Å²) >= 11 is 0. The summed E-state index contributed by atoms with van der Waals surface area (Å²) in [5.41, 5.74) is 3.80. The Kier molecular flexibility index (Phi) is 2.67. The number of rotatable bonds is 2. The van der Waals surface area contributed by atoms with Gasteiger partial charge in [0.1, 0.15) is 11.9 Å². The van der Waals surface area contributed by atoms with Gasteiger partial charge in [0.25, 0.3) is 0 Å². The molecule has 3 N–H and O–H groups in total. The van der Waals surface area contributed by atoms with Crippen LogP contribution >= 0.6 is 0 Å². The van der Waals surface area contributed by atoms with Crippen LogP contribution < -0.4 is 5.69 Å². The molecule has 0 amide bonds. The van der Waals surface area contributed by atoms with Crippen LogP contribution in [-0.2, 0) is 0 Å². The molecule has 1 unspecified atom stereocenters. The molecule has 0 radical (unpaired) electrons. The number of hydrogen-bond donors (Lipinski definition) is 3. The lowest BCUT2D eigenvalue weighted by Crippen LogP contribution is -2.04. The highest BCUT2D eigenvalue weighted by molar-refractivity contribution is 5.81. The fraction of sp³-hybridized carbons (Fsp3) is 0.125. The summed E-state index contributed by atoms with van der Waals surface area (Å²) in [6.07, 6.45) is -0.701. The fourth-order valence-electron chi connectivity index (χ4n) is 2.76. The molecule has 6 heteroatoms. The molecule has 2 aromatic heterocycles. The van der Waals surface area contributed by atoms with Crippen LogP contribution in [0.25, 0.3) is 27.8 Å². The second-order valence-corrected chi connectivity index (χ2v) is 5.28. The quantitative estimate of drug-likeness (QED) is 0.530. The molecule has 0 aliphatic carbocycles. The summed E-state index contributed by atoms with van der Waals surface area (Å²) in [6.45, 7) is 1.69. The molecule has 0 saturated heterocycles. The molecule has 0 fully saturated rings. The maximum atomic E-state index is 11.4. The number of nitrogens with zero attached hydrogens (tertiary/aromatic N) is 2. The van der Waals surface area contributed by atoms with Gasteiger partial charge in [-0.25, -0.2) is 9.78 Å². The average molecular weight is 294 g/mol. The molecule has 1 atom stereocenters. The number of imidazole rings is 2. The van der Waals surface area contributed by atoms with E-state index in [9.17, 15) is 9.90 Å². The zero-order valence-corrected chi connectivity index (χ0v) is 11.9. The van der Waals surface area contributed by atoms with Gasteiger partial charge in [-0.15, -0.1) is 0 Å². The monoisotopic (exact) mass is 294 g/mol. The minimum absolute atomic E-state index is 0.238. The van der Waals surface area contributed by atoms with Gasteiger partial charge in [0.2, 0.25) is 0 Å². The first-order chi connectivity index (χ1) is 10.6. The van der Waals surface area contributed by atoms with Crippen LogP contribution in [0.3, 0.4) is 0 Å². The fourth-order valence-corrected chi connectivity index (χ4v) is 2.76. The van der Waals surface area contributed by atoms with E-state index in [2.05, 4.69) is 15.0 Å². The number of H-pyrrole nitrogens is 2. The topological polar surface area (TPSA) is 86.7 Å². The molecule has 2 heterocycles. The number of para-hydroxylation sites is 2. The second kappa shape index (κ2) is 4.57. The van der Waals surface area contributed by atoms with Crippen LogP contribution in [0, 0.1) is 0 Å². The minimum Gasteiger partial charge on any atom is -0.385 e. The molecule has 110 valence electrons. The zero-order chi connectivity index (χ0) is 15.3. The van der Waals surface area contributed by atoms with Gasteiger partial charge in [-0.3, -0.25) is 4.57 Å². The Hall–Kier alpha value is -2.86. The maximum absolute atomic E-state index is 11.4. The predicted octanol–water partition coefficient (Wildman–Crippen LogP) is 2.25. The van der Waals surface area contributed by atoms with Crippen LogP contribution in [0.2, 0.25) is 0 Å². The Morgan fingerprint density at radius 2 is 1.91 bits per heavy atom. The molecule has 0 aliphatic heterocycles. The van der Waals surface area contributed by atoms with E-state index in [1.54, 1.807) is 6.92 Å². The molecule has 0 saturated carbocycles. The Labute approximate surface area is 125 Å². The Morgan fingerprint density at radius 1 is 1.14 bits per heavy atom. The summed E-state index contributed by atoms with van der Waals surface area (Å²) < 4.78 is 1.91. The molecular weight excluding hydrogens is 280 g/mol. The second-order valence-electron chi connectivity index (χ2n) is 5.28. The van der Waals surface area contributed by atoms with Crippen molar-refractivity contribution in [2.45, 2.75) is 13.0 Å². The van der Waals surface area contributed by atoms with Gasteiger partial charge in [-0.1, -0.05) is 12.1 Å². The summed E-state index contributed by atoms with van der Waals surface area (Å²) in [4.78, 5) is 21.4. The summed E-state index contributed by atoms with van der Waals surface area (Å²) in [5, 5.41) is 10.0. The third-order valence-electron chi connectivity index (χ3n) is 3.72. The lowest BCUT2D eigenvalue weighted by atomic mass is 10.2. The molecule has 4 aromatic rings. The van der Waals surface area contributed by atoms with E-state index in [1.807, 2.05) is 47.0 Å². The van der Waals surface area contributed by atoms with Crippen molar-refractivity contribution in [3.05, 3.63) is 58.8 Å². The lowest BCUT2D eigenvalue weighted by molar-refractivity contribution is 0.187. The third kappa shape index (κ3) is 1.85. The van der Waals surface area contributed by atoms with Gasteiger partial charge in [0, 0.05) is 5.69 Å². The van der Waals surface area contributed by atoms with Crippen molar-refractivity contribution in [1.82, 2.24) is 19.5 Å². The van der Waals surface area contributed by atoms with Crippen molar-refractivity contribution in [2.75, 3.05) is 0 Å². The van der Waals surface area contributed by atoms with E-state index in [4.69, 9.17) is 0 Å². The Morgan fingerprint density at radius 3 is 2.73 bits per heavy atom. The number of hydrogen-bond acceptors (Lipinski definition) is 3. The molecule has 0 spiro atoms. The minimum atomic E-state index is -0.701. The van der Waals surface area contributed by atoms with Crippen molar-refractivity contribution in [2.24, 2.45) is 0 Å². The van der Waals surface area contributed by atoms with Crippen molar-refractivity contribution in [3.8, 4) is 5.69 Å². The number of fused-ring (bicyclic) bond motifs is 2. The van der Waals surface area contributed by atoms with Crippen molar-refractivity contribution >= 4 is 22.1 Å².